The van der Waals surface area contributed by atoms with Gasteiger partial charge in [0.1, 0.15) is 11.4 Å². The molecule has 212 valence electrons. The van der Waals surface area contributed by atoms with Crippen molar-refractivity contribution >= 4 is 40.9 Å². The fourth-order valence-corrected chi connectivity index (χ4v) is 6.69. The van der Waals surface area contributed by atoms with E-state index in [1.165, 1.54) is 0 Å². The van der Waals surface area contributed by atoms with E-state index < -0.39 is 29.2 Å². The zero-order valence-electron chi connectivity index (χ0n) is 21.8. The molecule has 2 atom stereocenters. The van der Waals surface area contributed by atoms with E-state index in [-0.39, 0.29) is 11.8 Å². The number of rotatable bonds is 7. The average molecular weight is 586 g/mol. The third kappa shape index (κ3) is 5.79. The molecule has 1 aliphatic carbocycles. The second kappa shape index (κ2) is 10.6. The van der Waals surface area contributed by atoms with Crippen molar-refractivity contribution in [2.45, 2.75) is 57.8 Å². The molecule has 0 bridgehead atoms. The van der Waals surface area contributed by atoms with Gasteiger partial charge in [-0.25, -0.2) is 4.98 Å². The van der Waals surface area contributed by atoms with Crippen LogP contribution in [-0.2, 0) is 11.0 Å². The number of halogens is 5. The Morgan fingerprint density at radius 1 is 1.21 bits per heavy atom. The second-order valence-electron chi connectivity index (χ2n) is 11.5. The van der Waals surface area contributed by atoms with Gasteiger partial charge in [0, 0.05) is 41.9 Å². The fraction of sp³-hybridized carbons (Fsp3) is 0.593. The summed E-state index contributed by atoms with van der Waals surface area (Å²) in [6, 6.07) is 4.63. The highest BCUT2D eigenvalue weighted by Gasteiger charge is 2.50. The van der Waals surface area contributed by atoms with Gasteiger partial charge in [-0.2, -0.15) is 18.2 Å². The Balaban J connectivity index is 1.24. The predicted octanol–water partition coefficient (Wildman–Crippen LogP) is 6.38. The van der Waals surface area contributed by atoms with Crippen LogP contribution in [0.1, 0.15) is 56.7 Å². The van der Waals surface area contributed by atoms with Gasteiger partial charge in [0.2, 0.25) is 5.95 Å². The molecule has 3 aliphatic rings. The summed E-state index contributed by atoms with van der Waals surface area (Å²) in [5, 5.41) is 13.1. The lowest BCUT2D eigenvalue weighted by Crippen LogP contribution is -2.58. The number of aliphatic carboxylic acids is 1. The third-order valence-corrected chi connectivity index (χ3v) is 9.18. The number of nitrogens with one attached hydrogen (secondary N) is 1. The maximum absolute atomic E-state index is 13.8. The molecule has 0 radical (unpaired) electrons. The van der Waals surface area contributed by atoms with E-state index in [1.807, 2.05) is 11.8 Å². The molecular weight excluding hydrogens is 554 g/mol. The van der Waals surface area contributed by atoms with Crippen molar-refractivity contribution in [2.75, 3.05) is 36.4 Å². The van der Waals surface area contributed by atoms with Crippen LogP contribution < -0.4 is 10.2 Å². The van der Waals surface area contributed by atoms with Crippen LogP contribution in [0.3, 0.4) is 0 Å². The van der Waals surface area contributed by atoms with Crippen molar-refractivity contribution in [2.24, 2.45) is 17.3 Å². The Kier molecular flexibility index (Phi) is 7.67. The first-order valence-electron chi connectivity index (χ1n) is 13.2. The number of anilines is 2. The van der Waals surface area contributed by atoms with Crippen LogP contribution in [0.5, 0.6) is 0 Å². The summed E-state index contributed by atoms with van der Waals surface area (Å²) in [6.07, 6.45) is -0.255. The highest BCUT2D eigenvalue weighted by atomic mass is 35.5. The monoisotopic (exact) mass is 585 g/mol. The van der Waals surface area contributed by atoms with Gasteiger partial charge in [-0.15, -0.1) is 0 Å². The van der Waals surface area contributed by atoms with Gasteiger partial charge in [0.05, 0.1) is 11.5 Å². The van der Waals surface area contributed by atoms with Gasteiger partial charge in [-0.3, -0.25) is 4.79 Å². The molecule has 39 heavy (non-hydrogen) atoms. The number of hydrogen-bond donors (Lipinski definition) is 2. The first-order valence-corrected chi connectivity index (χ1v) is 14.0. The van der Waals surface area contributed by atoms with Crippen molar-refractivity contribution in [1.29, 1.82) is 0 Å². The third-order valence-electron chi connectivity index (χ3n) is 8.62. The Labute approximate surface area is 235 Å². The molecule has 1 aromatic carbocycles. The molecule has 7 nitrogen and oxygen atoms in total. The summed E-state index contributed by atoms with van der Waals surface area (Å²) >= 11 is 12.2. The molecule has 3 fully saturated rings. The molecule has 5 rings (SSSR count). The smallest absolute Gasteiger partial charge is 0.421 e. The quantitative estimate of drug-likeness (QED) is 0.390. The number of carboxylic acids is 1. The molecular formula is C27H32Cl2F3N5O2. The first kappa shape index (κ1) is 28.2. The van der Waals surface area contributed by atoms with Crippen LogP contribution in [0.4, 0.5) is 24.9 Å². The van der Waals surface area contributed by atoms with Gasteiger partial charge in [-0.1, -0.05) is 29.3 Å². The lowest BCUT2D eigenvalue weighted by Gasteiger charge is -2.52. The van der Waals surface area contributed by atoms with Crippen LogP contribution in [0, 0.1) is 17.3 Å². The maximum Gasteiger partial charge on any atom is 0.421 e. The summed E-state index contributed by atoms with van der Waals surface area (Å²) in [5.41, 5.74) is -0.945. The minimum atomic E-state index is -4.62. The van der Waals surface area contributed by atoms with Crippen molar-refractivity contribution in [3.8, 4) is 0 Å². The molecule has 2 saturated heterocycles. The van der Waals surface area contributed by atoms with Crippen molar-refractivity contribution in [3.05, 3.63) is 45.6 Å². The SMILES string of the molecule is CC(Nc1nc(N2CC(C3CCCN(C4CC(C)(C(=O)O)C4)C3)C2)ncc1C(F)(F)F)c1ccc(Cl)cc1Cl. The summed E-state index contributed by atoms with van der Waals surface area (Å²) in [5.74, 6) is 0.112. The van der Waals surface area contributed by atoms with E-state index in [0.717, 1.165) is 32.1 Å². The number of carboxylic acid groups (broad SMARTS) is 1. The molecule has 1 saturated carbocycles. The zero-order valence-corrected chi connectivity index (χ0v) is 23.3. The van der Waals surface area contributed by atoms with E-state index >= 15 is 0 Å². The summed E-state index contributed by atoms with van der Waals surface area (Å²) < 4.78 is 41.3. The number of aromatic nitrogens is 2. The molecule has 2 aliphatic heterocycles. The largest absolute Gasteiger partial charge is 0.481 e. The molecule has 2 aromatic rings. The van der Waals surface area contributed by atoms with Gasteiger partial charge in [-0.05, 0) is 75.6 Å². The Hall–Kier alpha value is -2.30. The molecule has 0 spiro atoms. The lowest BCUT2D eigenvalue weighted by atomic mass is 9.65. The number of likely N-dealkylation sites (tertiary alicyclic amines) is 1. The summed E-state index contributed by atoms with van der Waals surface area (Å²) in [7, 11) is 0. The van der Waals surface area contributed by atoms with Crippen LogP contribution in [0.25, 0.3) is 0 Å². The lowest BCUT2D eigenvalue weighted by molar-refractivity contribution is -0.158. The zero-order chi connectivity index (χ0) is 28.1. The first-order chi connectivity index (χ1) is 18.3. The summed E-state index contributed by atoms with van der Waals surface area (Å²) in [6.45, 7) is 6.81. The molecule has 2 N–H and O–H groups in total. The fourth-order valence-electron chi connectivity index (χ4n) is 6.12. The summed E-state index contributed by atoms with van der Waals surface area (Å²) in [4.78, 5) is 24.2. The van der Waals surface area contributed by atoms with Gasteiger partial charge >= 0.3 is 12.1 Å². The highest BCUT2D eigenvalue weighted by Crippen LogP contribution is 2.45. The number of benzene rings is 1. The predicted molar refractivity (Wildman–Crippen MR) is 144 cm³/mol. The van der Waals surface area contributed by atoms with E-state index in [9.17, 15) is 23.1 Å². The van der Waals surface area contributed by atoms with Crippen molar-refractivity contribution in [3.63, 3.8) is 0 Å². The number of nitrogens with zero attached hydrogens (tertiary/aromatic N) is 4. The van der Waals surface area contributed by atoms with E-state index in [1.54, 1.807) is 25.1 Å². The number of carbonyl (C=O) groups is 1. The number of piperidine rings is 1. The Bertz CT molecular complexity index is 1230. The minimum absolute atomic E-state index is 0.264. The van der Waals surface area contributed by atoms with Crippen LogP contribution in [-0.4, -0.2) is 58.2 Å². The molecule has 3 heterocycles. The topological polar surface area (TPSA) is 81.6 Å². The normalized spacial score (nSPS) is 27.0. The van der Waals surface area contributed by atoms with Crippen molar-refractivity contribution < 1.29 is 23.1 Å². The molecule has 2 unspecified atom stereocenters. The highest BCUT2D eigenvalue weighted by molar-refractivity contribution is 6.35. The van der Waals surface area contributed by atoms with Gasteiger partial charge in [0.25, 0.3) is 0 Å². The maximum atomic E-state index is 13.8. The van der Waals surface area contributed by atoms with E-state index in [2.05, 4.69) is 20.2 Å². The standard InChI is InChI=1S/C27H32Cl2F3N5O2/c1-15(20-6-5-18(28)8-22(20)29)34-23-21(27(30,31)32)11-33-25(35-23)37-13-17(14-37)16-4-3-7-36(12-16)19-9-26(2,10-19)24(38)39/h5-6,8,11,15-17,19H,3-4,7,9-10,12-14H2,1-2H3,(H,38,39)(H,33,34,35). The minimum Gasteiger partial charge on any atom is -0.481 e. The number of alkyl halides is 3. The van der Waals surface area contributed by atoms with Gasteiger partial charge < -0.3 is 20.2 Å². The Morgan fingerprint density at radius 3 is 2.56 bits per heavy atom. The van der Waals surface area contributed by atoms with Crippen molar-refractivity contribution in [1.82, 2.24) is 14.9 Å². The van der Waals surface area contributed by atoms with Crippen LogP contribution in [0.15, 0.2) is 24.4 Å². The average Bonchev–Trinajstić information content (AvgIpc) is 2.80. The second-order valence-corrected chi connectivity index (χ2v) is 12.3. The molecule has 1 aromatic heterocycles. The van der Waals surface area contributed by atoms with E-state index in [4.69, 9.17) is 23.2 Å². The molecule has 12 heteroatoms. The van der Waals surface area contributed by atoms with Gasteiger partial charge in [0.15, 0.2) is 0 Å². The van der Waals surface area contributed by atoms with E-state index in [0.29, 0.717) is 59.4 Å². The Morgan fingerprint density at radius 2 is 1.92 bits per heavy atom. The molecule has 0 amide bonds. The number of hydrogen-bond acceptors (Lipinski definition) is 6. The van der Waals surface area contributed by atoms with Crippen LogP contribution in [0.2, 0.25) is 10.0 Å². The van der Waals surface area contributed by atoms with Crippen LogP contribution >= 0.6 is 23.2 Å².